The second-order valence-corrected chi connectivity index (χ2v) is 6.78. The Kier molecular flexibility index (Phi) is 5.86. The van der Waals surface area contributed by atoms with E-state index in [4.69, 9.17) is 23.8 Å². The number of hydrogen-bond acceptors (Lipinski definition) is 3. The van der Waals surface area contributed by atoms with E-state index in [1.165, 1.54) is 4.90 Å². The summed E-state index contributed by atoms with van der Waals surface area (Å²) in [4.78, 5) is 13.7. The molecule has 9 heteroatoms. The smallest absolute Gasteiger partial charge is 0.260 e. The van der Waals surface area contributed by atoms with Gasteiger partial charge in [-0.2, -0.15) is 0 Å². The molecule has 0 saturated carbocycles. The average molecular weight is 414 g/mol. The van der Waals surface area contributed by atoms with Gasteiger partial charge in [0.05, 0.1) is 16.3 Å². The average Bonchev–Trinajstić information content (AvgIpc) is 3.14. The summed E-state index contributed by atoms with van der Waals surface area (Å²) in [5.74, 6) is -4.86. The summed E-state index contributed by atoms with van der Waals surface area (Å²) < 4.78 is 43.1. The van der Waals surface area contributed by atoms with Crippen LogP contribution in [0.4, 0.5) is 24.5 Å². The van der Waals surface area contributed by atoms with Gasteiger partial charge in [0.15, 0.2) is 22.6 Å². The van der Waals surface area contributed by atoms with E-state index in [1.54, 1.807) is 24.3 Å². The Balaban J connectivity index is 1.78. The number of carbonyl (C=O) groups is 1. The molecule has 0 aromatic heterocycles. The van der Waals surface area contributed by atoms with Crippen LogP contribution in [0.3, 0.4) is 0 Å². The Bertz CT molecular complexity index is 904. The van der Waals surface area contributed by atoms with Gasteiger partial charge in [-0.25, -0.2) is 13.2 Å². The van der Waals surface area contributed by atoms with Gasteiger partial charge in [-0.05, 0) is 43.3 Å². The minimum Gasteiger partial charge on any atom is -0.367 e. The molecule has 2 N–H and O–H groups in total. The van der Waals surface area contributed by atoms with E-state index in [9.17, 15) is 18.0 Å². The number of hydrogen-bond donors (Lipinski definition) is 2. The van der Waals surface area contributed by atoms with Gasteiger partial charge >= 0.3 is 0 Å². The van der Waals surface area contributed by atoms with Gasteiger partial charge < -0.3 is 10.2 Å². The van der Waals surface area contributed by atoms with E-state index >= 15 is 0 Å². The molecule has 0 radical (unpaired) electrons. The lowest BCUT2D eigenvalue weighted by molar-refractivity contribution is 0.0972. The molecule has 1 aliphatic rings. The zero-order valence-electron chi connectivity index (χ0n) is 14.0. The zero-order chi connectivity index (χ0) is 19.6. The Morgan fingerprint density at radius 1 is 1.11 bits per heavy atom. The van der Waals surface area contributed by atoms with Gasteiger partial charge in [-0.15, -0.1) is 0 Å². The quantitative estimate of drug-likeness (QED) is 0.575. The van der Waals surface area contributed by atoms with Crippen LogP contribution in [-0.4, -0.2) is 24.1 Å². The second kappa shape index (κ2) is 8.14. The maximum atomic E-state index is 14.4. The summed E-state index contributed by atoms with van der Waals surface area (Å²) in [6.45, 7) is 0.870. The third-order valence-electron chi connectivity index (χ3n) is 4.15. The van der Waals surface area contributed by atoms with E-state index in [2.05, 4.69) is 10.6 Å². The molecule has 1 amide bonds. The van der Waals surface area contributed by atoms with Crippen molar-refractivity contribution in [2.45, 2.75) is 12.8 Å². The monoisotopic (exact) mass is 413 g/mol. The summed E-state index contributed by atoms with van der Waals surface area (Å²) in [5, 5.41) is 5.03. The molecule has 0 aliphatic carbocycles. The molecule has 4 nitrogen and oxygen atoms in total. The minimum absolute atomic E-state index is 0.183. The Hall–Kier alpha value is -2.32. The van der Waals surface area contributed by atoms with E-state index in [1.807, 2.05) is 0 Å². The predicted molar refractivity (Wildman–Crippen MR) is 103 cm³/mol. The molecular weight excluding hydrogens is 399 g/mol. The van der Waals surface area contributed by atoms with Crippen LogP contribution in [0.2, 0.25) is 5.02 Å². The summed E-state index contributed by atoms with van der Waals surface area (Å²) in [7, 11) is 0. The first-order chi connectivity index (χ1) is 12.9. The highest BCUT2D eigenvalue weighted by Crippen LogP contribution is 2.30. The van der Waals surface area contributed by atoms with Gasteiger partial charge in [0, 0.05) is 13.1 Å². The maximum Gasteiger partial charge on any atom is 0.260 e. The van der Waals surface area contributed by atoms with Crippen molar-refractivity contribution in [2.75, 3.05) is 23.3 Å². The van der Waals surface area contributed by atoms with Crippen molar-refractivity contribution in [3.05, 3.63) is 58.4 Å². The highest BCUT2D eigenvalue weighted by molar-refractivity contribution is 7.80. The molecule has 0 bridgehead atoms. The molecule has 0 atom stereocenters. The first kappa shape index (κ1) is 19.4. The lowest BCUT2D eigenvalue weighted by Crippen LogP contribution is -2.35. The fraction of sp³-hybridized carbons (Fsp3) is 0.222. The van der Waals surface area contributed by atoms with Crippen molar-refractivity contribution in [2.24, 2.45) is 0 Å². The van der Waals surface area contributed by atoms with Crippen LogP contribution < -0.4 is 15.5 Å². The topological polar surface area (TPSA) is 44.4 Å². The molecule has 1 fully saturated rings. The lowest BCUT2D eigenvalue weighted by Gasteiger charge is -2.20. The SMILES string of the molecule is O=C(NC(=S)Nc1ccccc1Cl)c1cc(F)c(N2CCCC2)c(F)c1F. The largest absolute Gasteiger partial charge is 0.367 e. The van der Waals surface area contributed by atoms with E-state index in [0.717, 1.165) is 12.8 Å². The normalized spacial score (nSPS) is 13.6. The number of halogens is 4. The molecule has 2 aromatic rings. The highest BCUT2D eigenvalue weighted by atomic mass is 35.5. The molecule has 1 saturated heterocycles. The number of benzene rings is 2. The molecule has 2 aromatic carbocycles. The molecule has 1 aliphatic heterocycles. The number of nitrogens with zero attached hydrogens (tertiary/aromatic N) is 1. The van der Waals surface area contributed by atoms with Crippen molar-refractivity contribution >= 4 is 46.2 Å². The molecule has 1 heterocycles. The van der Waals surface area contributed by atoms with E-state index in [-0.39, 0.29) is 5.11 Å². The predicted octanol–water partition coefficient (Wildman–Crippen LogP) is 4.48. The zero-order valence-corrected chi connectivity index (χ0v) is 15.6. The fourth-order valence-corrected chi connectivity index (χ4v) is 3.25. The van der Waals surface area contributed by atoms with Crippen LogP contribution in [0, 0.1) is 17.5 Å². The van der Waals surface area contributed by atoms with Crippen LogP contribution in [-0.2, 0) is 0 Å². The van der Waals surface area contributed by atoms with Gasteiger partial charge in [-0.1, -0.05) is 23.7 Å². The number of amides is 1. The Morgan fingerprint density at radius 3 is 2.44 bits per heavy atom. The number of carbonyl (C=O) groups excluding carboxylic acids is 1. The Labute approximate surface area is 164 Å². The van der Waals surface area contributed by atoms with E-state index in [0.29, 0.717) is 29.9 Å². The number of anilines is 2. The van der Waals surface area contributed by atoms with Crippen LogP contribution in [0.1, 0.15) is 23.2 Å². The molecule has 0 spiro atoms. The van der Waals surface area contributed by atoms with Crippen LogP contribution in [0.15, 0.2) is 30.3 Å². The van der Waals surface area contributed by atoms with Gasteiger partial charge in [0.2, 0.25) is 0 Å². The molecule has 3 rings (SSSR count). The maximum absolute atomic E-state index is 14.4. The van der Waals surface area contributed by atoms with Crippen LogP contribution in [0.25, 0.3) is 0 Å². The lowest BCUT2D eigenvalue weighted by atomic mass is 10.1. The molecule has 0 unspecified atom stereocenters. The van der Waals surface area contributed by atoms with Crippen LogP contribution in [0.5, 0.6) is 0 Å². The minimum atomic E-state index is -1.42. The fourth-order valence-electron chi connectivity index (χ4n) is 2.87. The number of para-hydroxylation sites is 1. The number of rotatable bonds is 3. The van der Waals surface area contributed by atoms with Crippen molar-refractivity contribution in [1.29, 1.82) is 0 Å². The van der Waals surface area contributed by atoms with Crippen molar-refractivity contribution < 1.29 is 18.0 Å². The number of thiocarbonyl (C=S) groups is 1. The van der Waals surface area contributed by atoms with Gasteiger partial charge in [-0.3, -0.25) is 10.1 Å². The third kappa shape index (κ3) is 4.17. The first-order valence-corrected chi connectivity index (χ1v) is 8.96. The van der Waals surface area contributed by atoms with Crippen molar-refractivity contribution in [3.8, 4) is 0 Å². The summed E-state index contributed by atoms with van der Waals surface area (Å²) in [5.41, 5.74) is -0.791. The van der Waals surface area contributed by atoms with Crippen LogP contribution >= 0.6 is 23.8 Å². The first-order valence-electron chi connectivity index (χ1n) is 8.17. The third-order valence-corrected chi connectivity index (χ3v) is 4.68. The summed E-state index contributed by atoms with van der Waals surface area (Å²) in [6.07, 6.45) is 1.54. The molecule has 142 valence electrons. The standard InChI is InChI=1S/C18H15ClF3N3OS/c19-11-5-1-2-6-13(11)23-18(27)24-17(26)10-9-12(20)16(15(22)14(10)21)25-7-3-4-8-25/h1-2,5-6,9H,3-4,7-8H2,(H2,23,24,26,27). The second-order valence-electron chi connectivity index (χ2n) is 5.96. The molecule has 27 heavy (non-hydrogen) atoms. The highest BCUT2D eigenvalue weighted by Gasteiger charge is 2.27. The molecular formula is C18H15ClF3N3OS. The van der Waals surface area contributed by atoms with Gasteiger partial charge in [0.1, 0.15) is 5.69 Å². The van der Waals surface area contributed by atoms with E-state index < -0.39 is 34.6 Å². The van der Waals surface area contributed by atoms with Gasteiger partial charge in [0.25, 0.3) is 5.91 Å². The summed E-state index contributed by atoms with van der Waals surface area (Å²) >= 11 is 10.9. The number of nitrogens with one attached hydrogen (secondary N) is 2. The Morgan fingerprint density at radius 2 is 1.78 bits per heavy atom. The van der Waals surface area contributed by atoms with Crippen molar-refractivity contribution in [3.63, 3.8) is 0 Å². The summed E-state index contributed by atoms with van der Waals surface area (Å²) in [6, 6.07) is 7.30. The van der Waals surface area contributed by atoms with Crippen molar-refractivity contribution in [1.82, 2.24) is 5.32 Å².